The van der Waals surface area contributed by atoms with Gasteiger partial charge in [-0.25, -0.2) is 0 Å². The summed E-state index contributed by atoms with van der Waals surface area (Å²) < 4.78 is 1.97. The highest BCUT2D eigenvalue weighted by Crippen LogP contribution is 2.17. The van der Waals surface area contributed by atoms with Gasteiger partial charge in [0.15, 0.2) is 0 Å². The topological polar surface area (TPSA) is 30.7 Å². The summed E-state index contributed by atoms with van der Waals surface area (Å²) >= 11 is 0. The zero-order chi connectivity index (χ0) is 11.5. The fourth-order valence-corrected chi connectivity index (χ4v) is 1.84. The maximum atomic E-state index is 4.50. The average molecular weight is 215 g/mol. The van der Waals surface area contributed by atoms with E-state index in [0.717, 1.165) is 17.9 Å². The van der Waals surface area contributed by atoms with Crippen molar-refractivity contribution in [3.8, 4) is 0 Å². The number of rotatable bonds is 3. The zero-order valence-electron chi connectivity index (χ0n) is 10.0. The summed E-state index contributed by atoms with van der Waals surface area (Å²) in [5.41, 5.74) is 3.47. The first-order valence-corrected chi connectivity index (χ1v) is 5.60. The van der Waals surface area contributed by atoms with Crippen molar-refractivity contribution < 1.29 is 0 Å². The third-order valence-corrected chi connectivity index (χ3v) is 2.66. The smallest absolute Gasteiger partial charge is 0.0831 e. The van der Waals surface area contributed by atoms with Crippen LogP contribution in [0.15, 0.2) is 30.6 Å². The molecular formula is C13H17N3. The van der Waals surface area contributed by atoms with Crippen LogP contribution in [0.1, 0.15) is 36.7 Å². The van der Waals surface area contributed by atoms with E-state index in [1.807, 2.05) is 29.1 Å². The fourth-order valence-electron chi connectivity index (χ4n) is 1.84. The monoisotopic (exact) mass is 215 g/mol. The summed E-state index contributed by atoms with van der Waals surface area (Å²) in [7, 11) is 0. The highest BCUT2D eigenvalue weighted by atomic mass is 15.3. The summed E-state index contributed by atoms with van der Waals surface area (Å²) in [6.45, 7) is 7.18. The maximum absolute atomic E-state index is 4.50. The van der Waals surface area contributed by atoms with Crippen molar-refractivity contribution in [1.82, 2.24) is 14.8 Å². The van der Waals surface area contributed by atoms with Gasteiger partial charge in [-0.1, -0.05) is 19.9 Å². The van der Waals surface area contributed by atoms with Crippen LogP contribution in [0.25, 0.3) is 0 Å². The lowest BCUT2D eigenvalue weighted by Crippen LogP contribution is -2.01. The molecule has 3 heteroatoms. The van der Waals surface area contributed by atoms with E-state index in [1.165, 1.54) is 5.56 Å². The third-order valence-electron chi connectivity index (χ3n) is 2.66. The average Bonchev–Trinajstić information content (AvgIpc) is 2.61. The lowest BCUT2D eigenvalue weighted by molar-refractivity contribution is 0.665. The molecule has 3 nitrogen and oxygen atoms in total. The van der Waals surface area contributed by atoms with Gasteiger partial charge >= 0.3 is 0 Å². The van der Waals surface area contributed by atoms with Crippen LogP contribution in [0.3, 0.4) is 0 Å². The van der Waals surface area contributed by atoms with Gasteiger partial charge in [-0.15, -0.1) is 0 Å². The second-order valence-electron chi connectivity index (χ2n) is 4.34. The molecule has 0 fully saturated rings. The summed E-state index contributed by atoms with van der Waals surface area (Å²) in [5.74, 6) is 0.525. The zero-order valence-corrected chi connectivity index (χ0v) is 10.0. The van der Waals surface area contributed by atoms with E-state index >= 15 is 0 Å². The molecule has 2 aromatic rings. The molecule has 16 heavy (non-hydrogen) atoms. The molecule has 0 aliphatic carbocycles. The molecule has 0 spiro atoms. The summed E-state index contributed by atoms with van der Waals surface area (Å²) in [5, 5.41) is 4.50. The van der Waals surface area contributed by atoms with Crippen LogP contribution in [0.4, 0.5) is 0 Å². The predicted molar refractivity (Wildman–Crippen MR) is 64.4 cm³/mol. The molecule has 0 aliphatic rings. The minimum atomic E-state index is 0.525. The number of aromatic nitrogens is 3. The standard InChI is InChI=1S/C13H17N3/c1-10(2)13-9-16(15-11(13)3)8-12-6-4-5-7-14-12/h4-7,9-10H,8H2,1-3H3. The Morgan fingerprint density at radius 3 is 2.69 bits per heavy atom. The molecule has 0 aliphatic heterocycles. The normalized spacial score (nSPS) is 11.0. The van der Waals surface area contributed by atoms with Gasteiger partial charge in [0.25, 0.3) is 0 Å². The minimum absolute atomic E-state index is 0.525. The van der Waals surface area contributed by atoms with Crippen molar-refractivity contribution >= 4 is 0 Å². The first kappa shape index (κ1) is 10.9. The van der Waals surface area contributed by atoms with Crippen LogP contribution in [-0.2, 0) is 6.54 Å². The van der Waals surface area contributed by atoms with Crippen molar-refractivity contribution in [3.05, 3.63) is 47.5 Å². The van der Waals surface area contributed by atoms with Gasteiger partial charge in [0.2, 0.25) is 0 Å². The molecule has 0 unspecified atom stereocenters. The summed E-state index contributed by atoms with van der Waals surface area (Å²) in [4.78, 5) is 4.30. The lowest BCUT2D eigenvalue weighted by Gasteiger charge is -2.01. The highest BCUT2D eigenvalue weighted by Gasteiger charge is 2.08. The van der Waals surface area contributed by atoms with Crippen LogP contribution < -0.4 is 0 Å². The molecule has 0 atom stereocenters. The van der Waals surface area contributed by atoms with E-state index < -0.39 is 0 Å². The minimum Gasteiger partial charge on any atom is -0.266 e. The molecule has 0 saturated carbocycles. The second kappa shape index (κ2) is 4.47. The molecular weight excluding hydrogens is 198 g/mol. The molecule has 2 aromatic heterocycles. The van der Waals surface area contributed by atoms with Crippen molar-refractivity contribution in [1.29, 1.82) is 0 Å². The molecule has 2 heterocycles. The van der Waals surface area contributed by atoms with Gasteiger partial charge in [-0.05, 0) is 30.5 Å². The maximum Gasteiger partial charge on any atom is 0.0831 e. The Balaban J connectivity index is 2.20. The third kappa shape index (κ3) is 2.30. The molecule has 0 aromatic carbocycles. The second-order valence-corrected chi connectivity index (χ2v) is 4.34. The molecule has 0 saturated heterocycles. The quantitative estimate of drug-likeness (QED) is 0.788. The largest absolute Gasteiger partial charge is 0.266 e. The first-order valence-electron chi connectivity index (χ1n) is 5.60. The van der Waals surface area contributed by atoms with Gasteiger partial charge in [-0.2, -0.15) is 5.10 Å². The number of aryl methyl sites for hydroxylation is 1. The van der Waals surface area contributed by atoms with Crippen molar-refractivity contribution in [3.63, 3.8) is 0 Å². The molecule has 0 radical (unpaired) electrons. The van der Waals surface area contributed by atoms with Crippen LogP contribution in [0.5, 0.6) is 0 Å². The van der Waals surface area contributed by atoms with E-state index in [2.05, 4.69) is 37.1 Å². The number of hydrogen-bond acceptors (Lipinski definition) is 2. The number of nitrogens with zero attached hydrogens (tertiary/aromatic N) is 3. The van der Waals surface area contributed by atoms with E-state index in [4.69, 9.17) is 0 Å². The van der Waals surface area contributed by atoms with Crippen LogP contribution in [-0.4, -0.2) is 14.8 Å². The summed E-state index contributed by atoms with van der Waals surface area (Å²) in [6.07, 6.45) is 3.93. The summed E-state index contributed by atoms with van der Waals surface area (Å²) in [6, 6.07) is 5.95. The van der Waals surface area contributed by atoms with Crippen molar-refractivity contribution in [2.45, 2.75) is 33.2 Å². The Bertz CT molecular complexity index is 457. The number of pyridine rings is 1. The Labute approximate surface area is 96.1 Å². The molecule has 0 bridgehead atoms. The van der Waals surface area contributed by atoms with Crippen LogP contribution in [0.2, 0.25) is 0 Å². The molecule has 84 valence electrons. The predicted octanol–water partition coefficient (Wildman–Crippen LogP) is 2.76. The van der Waals surface area contributed by atoms with Gasteiger partial charge < -0.3 is 0 Å². The highest BCUT2D eigenvalue weighted by molar-refractivity contribution is 5.19. The fraction of sp³-hybridized carbons (Fsp3) is 0.385. The molecule has 0 N–H and O–H groups in total. The van der Waals surface area contributed by atoms with Crippen LogP contribution >= 0.6 is 0 Å². The SMILES string of the molecule is Cc1nn(Cc2ccccn2)cc1C(C)C. The van der Waals surface area contributed by atoms with Crippen molar-refractivity contribution in [2.24, 2.45) is 0 Å². The van der Waals surface area contributed by atoms with Gasteiger partial charge in [0.05, 0.1) is 17.9 Å². The first-order chi connectivity index (χ1) is 7.66. The Morgan fingerprint density at radius 1 is 1.31 bits per heavy atom. The lowest BCUT2D eigenvalue weighted by atomic mass is 10.1. The van der Waals surface area contributed by atoms with E-state index in [-0.39, 0.29) is 0 Å². The molecule has 0 amide bonds. The van der Waals surface area contributed by atoms with Crippen LogP contribution in [0, 0.1) is 6.92 Å². The van der Waals surface area contributed by atoms with E-state index in [9.17, 15) is 0 Å². The Morgan fingerprint density at radius 2 is 2.12 bits per heavy atom. The Kier molecular flexibility index (Phi) is 3.04. The van der Waals surface area contributed by atoms with Gasteiger partial charge in [0, 0.05) is 12.4 Å². The number of hydrogen-bond donors (Lipinski definition) is 0. The Hall–Kier alpha value is -1.64. The van der Waals surface area contributed by atoms with Crippen molar-refractivity contribution in [2.75, 3.05) is 0 Å². The molecule has 2 rings (SSSR count). The van der Waals surface area contributed by atoms with E-state index in [0.29, 0.717) is 5.92 Å². The van der Waals surface area contributed by atoms with E-state index in [1.54, 1.807) is 0 Å². The van der Waals surface area contributed by atoms with Gasteiger partial charge in [0.1, 0.15) is 0 Å². The van der Waals surface area contributed by atoms with Gasteiger partial charge in [-0.3, -0.25) is 9.67 Å².